The summed E-state index contributed by atoms with van der Waals surface area (Å²) >= 11 is 0. The summed E-state index contributed by atoms with van der Waals surface area (Å²) in [4.78, 5) is 12.1. The highest BCUT2D eigenvalue weighted by Gasteiger charge is 2.39. The Kier molecular flexibility index (Phi) is 4.65. The molecule has 1 heterocycles. The average Bonchev–Trinajstić information content (AvgIpc) is 3.17. The fraction of sp³-hybridized carbons (Fsp3) is 0.318. The van der Waals surface area contributed by atoms with Gasteiger partial charge in [0.2, 0.25) is 0 Å². The first kappa shape index (κ1) is 18.6. The molecule has 2 aromatic carbocycles. The number of benzene rings is 2. The minimum atomic E-state index is -4.37. The Morgan fingerprint density at radius 3 is 2.79 bits per heavy atom. The summed E-state index contributed by atoms with van der Waals surface area (Å²) in [6.45, 7) is 2.06. The second kappa shape index (κ2) is 7.00. The van der Waals surface area contributed by atoms with Gasteiger partial charge in [-0.3, -0.25) is 0 Å². The summed E-state index contributed by atoms with van der Waals surface area (Å²) in [5.74, 6) is -0.234. The van der Waals surface area contributed by atoms with E-state index in [9.17, 15) is 18.0 Å². The van der Waals surface area contributed by atoms with E-state index in [4.69, 9.17) is 4.74 Å². The third-order valence-corrected chi connectivity index (χ3v) is 5.45. The first-order valence-electron chi connectivity index (χ1n) is 9.30. The van der Waals surface area contributed by atoms with Gasteiger partial charge in [0.15, 0.2) is 0 Å². The standard InChI is InChI=1S/C22H20F3NO2/c1-2-28-21(27)14-9-10-19-18(12-14)16-7-4-8-17(16)20(26-19)13-5-3-6-15(11-13)22(23,24)25/h3-7,9-12,16-17,20,26H,2,8H2,1H3/t16?,17?,20-/m1/s1. The molecule has 0 saturated carbocycles. The number of nitrogens with one attached hydrogen (secondary N) is 1. The molecule has 1 N–H and O–H groups in total. The summed E-state index contributed by atoms with van der Waals surface area (Å²) in [6.07, 6.45) is 0.537. The van der Waals surface area contributed by atoms with Gasteiger partial charge in [-0.25, -0.2) is 4.79 Å². The van der Waals surface area contributed by atoms with E-state index in [1.54, 1.807) is 19.1 Å². The van der Waals surface area contributed by atoms with Crippen molar-refractivity contribution >= 4 is 11.7 Å². The molecule has 0 radical (unpaired) electrons. The first-order valence-corrected chi connectivity index (χ1v) is 9.30. The Morgan fingerprint density at radius 1 is 1.21 bits per heavy atom. The second-order valence-corrected chi connectivity index (χ2v) is 7.12. The van der Waals surface area contributed by atoms with E-state index < -0.39 is 11.7 Å². The lowest BCUT2D eigenvalue weighted by Crippen LogP contribution is -2.29. The lowest BCUT2D eigenvalue weighted by Gasteiger charge is -2.38. The Morgan fingerprint density at radius 2 is 2.04 bits per heavy atom. The van der Waals surface area contributed by atoms with E-state index >= 15 is 0 Å². The molecule has 0 spiro atoms. The molecule has 2 aliphatic rings. The van der Waals surface area contributed by atoms with Gasteiger partial charge in [0, 0.05) is 11.6 Å². The van der Waals surface area contributed by atoms with Gasteiger partial charge >= 0.3 is 12.1 Å². The second-order valence-electron chi connectivity index (χ2n) is 7.12. The van der Waals surface area contributed by atoms with E-state index in [0.29, 0.717) is 17.7 Å². The molecule has 4 rings (SSSR count). The number of carbonyl (C=O) groups is 1. The van der Waals surface area contributed by atoms with Crippen LogP contribution in [0, 0.1) is 5.92 Å². The van der Waals surface area contributed by atoms with E-state index in [0.717, 1.165) is 23.7 Å². The van der Waals surface area contributed by atoms with E-state index in [1.807, 2.05) is 12.1 Å². The summed E-state index contributed by atoms with van der Waals surface area (Å²) < 4.78 is 44.5. The summed E-state index contributed by atoms with van der Waals surface area (Å²) in [5, 5.41) is 3.40. The maximum absolute atomic E-state index is 13.1. The number of anilines is 1. The molecule has 0 aromatic heterocycles. The largest absolute Gasteiger partial charge is 0.462 e. The topological polar surface area (TPSA) is 38.3 Å². The number of alkyl halides is 3. The highest BCUT2D eigenvalue weighted by atomic mass is 19.4. The SMILES string of the molecule is CCOC(=O)c1ccc2c(c1)C1C=CCC1[C@@H](c1cccc(C(F)(F)F)c1)N2. The Bertz CT molecular complexity index is 936. The van der Waals surface area contributed by atoms with E-state index in [2.05, 4.69) is 17.5 Å². The molecule has 28 heavy (non-hydrogen) atoms. The molecule has 1 aliphatic carbocycles. The first-order chi connectivity index (χ1) is 13.4. The van der Waals surface area contributed by atoms with Crippen molar-refractivity contribution in [1.82, 2.24) is 0 Å². The zero-order valence-corrected chi connectivity index (χ0v) is 15.3. The normalized spacial score (nSPS) is 22.9. The number of hydrogen-bond donors (Lipinski definition) is 1. The fourth-order valence-electron chi connectivity index (χ4n) is 4.17. The van der Waals surface area contributed by atoms with Crippen LogP contribution in [0.5, 0.6) is 0 Å². The summed E-state index contributed by atoms with van der Waals surface area (Å²) in [6, 6.07) is 10.6. The van der Waals surface area contributed by atoms with E-state index in [-0.39, 0.29) is 23.8 Å². The number of halogens is 3. The van der Waals surface area contributed by atoms with Gasteiger partial charge in [0.05, 0.1) is 23.8 Å². The molecule has 6 heteroatoms. The number of carbonyl (C=O) groups excluding carboxylic acids is 1. The van der Waals surface area contributed by atoms with Gasteiger partial charge in [0.1, 0.15) is 0 Å². The lowest BCUT2D eigenvalue weighted by atomic mass is 9.76. The van der Waals surface area contributed by atoms with Crippen LogP contribution < -0.4 is 5.32 Å². The van der Waals surface area contributed by atoms with Crippen LogP contribution in [0.4, 0.5) is 18.9 Å². The third-order valence-electron chi connectivity index (χ3n) is 5.45. The lowest BCUT2D eigenvalue weighted by molar-refractivity contribution is -0.137. The fourth-order valence-corrected chi connectivity index (χ4v) is 4.17. The minimum absolute atomic E-state index is 0.0465. The average molecular weight is 387 g/mol. The molecule has 0 bridgehead atoms. The van der Waals surface area contributed by atoms with Crippen molar-refractivity contribution in [3.63, 3.8) is 0 Å². The zero-order valence-electron chi connectivity index (χ0n) is 15.3. The van der Waals surface area contributed by atoms with Crippen molar-refractivity contribution in [3.05, 3.63) is 76.9 Å². The Hall–Kier alpha value is -2.76. The maximum Gasteiger partial charge on any atom is 0.416 e. The van der Waals surface area contributed by atoms with Gasteiger partial charge < -0.3 is 10.1 Å². The van der Waals surface area contributed by atoms with Crippen molar-refractivity contribution in [3.8, 4) is 0 Å². The van der Waals surface area contributed by atoms with Gasteiger partial charge in [-0.1, -0.05) is 24.3 Å². The van der Waals surface area contributed by atoms with Crippen LogP contribution in [0.1, 0.15) is 52.4 Å². The van der Waals surface area contributed by atoms with Crippen molar-refractivity contribution < 1.29 is 22.7 Å². The number of ether oxygens (including phenoxy) is 1. The third kappa shape index (κ3) is 3.28. The summed E-state index contributed by atoms with van der Waals surface area (Å²) in [5.41, 5.74) is 2.28. The molecule has 3 nitrogen and oxygen atoms in total. The quantitative estimate of drug-likeness (QED) is 0.542. The number of fused-ring (bicyclic) bond motifs is 3. The molecule has 0 amide bonds. The smallest absolute Gasteiger partial charge is 0.416 e. The minimum Gasteiger partial charge on any atom is -0.462 e. The number of allylic oxidation sites excluding steroid dienone is 2. The van der Waals surface area contributed by atoms with Crippen molar-refractivity contribution in [2.75, 3.05) is 11.9 Å². The van der Waals surface area contributed by atoms with Gasteiger partial charge in [-0.05, 0) is 60.7 Å². The number of rotatable bonds is 3. The molecule has 1 aliphatic heterocycles. The number of hydrogen-bond acceptors (Lipinski definition) is 3. The van der Waals surface area contributed by atoms with E-state index in [1.165, 1.54) is 12.1 Å². The molecule has 3 atom stereocenters. The monoisotopic (exact) mass is 387 g/mol. The van der Waals surface area contributed by atoms with Gasteiger partial charge in [0.25, 0.3) is 0 Å². The van der Waals surface area contributed by atoms with Crippen LogP contribution in [0.15, 0.2) is 54.6 Å². The predicted octanol–water partition coefficient (Wildman–Crippen LogP) is 5.71. The van der Waals surface area contributed by atoms with Gasteiger partial charge in [-0.15, -0.1) is 0 Å². The summed E-state index contributed by atoms with van der Waals surface area (Å²) in [7, 11) is 0. The molecule has 2 aromatic rings. The van der Waals surface area contributed by atoms with Crippen LogP contribution in [-0.4, -0.2) is 12.6 Å². The Balaban J connectivity index is 1.71. The van der Waals surface area contributed by atoms with Crippen LogP contribution in [0.25, 0.3) is 0 Å². The van der Waals surface area contributed by atoms with Crippen molar-refractivity contribution in [2.24, 2.45) is 5.92 Å². The number of esters is 1. The molecule has 0 fully saturated rings. The van der Waals surface area contributed by atoms with Crippen molar-refractivity contribution in [2.45, 2.75) is 31.5 Å². The van der Waals surface area contributed by atoms with Crippen molar-refractivity contribution in [1.29, 1.82) is 0 Å². The van der Waals surface area contributed by atoms with Crippen LogP contribution in [-0.2, 0) is 10.9 Å². The van der Waals surface area contributed by atoms with Crippen LogP contribution >= 0.6 is 0 Å². The molecule has 146 valence electrons. The van der Waals surface area contributed by atoms with Crippen LogP contribution in [0.3, 0.4) is 0 Å². The Labute approximate surface area is 161 Å². The highest BCUT2D eigenvalue weighted by Crippen LogP contribution is 2.50. The zero-order chi connectivity index (χ0) is 19.9. The molecular formula is C22H20F3NO2. The predicted molar refractivity (Wildman–Crippen MR) is 100 cm³/mol. The maximum atomic E-state index is 13.1. The van der Waals surface area contributed by atoms with Gasteiger partial charge in [-0.2, -0.15) is 13.2 Å². The highest BCUT2D eigenvalue weighted by molar-refractivity contribution is 5.90. The molecular weight excluding hydrogens is 367 g/mol. The molecule has 2 unspecified atom stereocenters. The molecule has 0 saturated heterocycles. The van der Waals surface area contributed by atoms with Crippen LogP contribution in [0.2, 0.25) is 0 Å².